The van der Waals surface area contributed by atoms with Crippen molar-refractivity contribution in [2.45, 2.75) is 49.6 Å². The van der Waals surface area contributed by atoms with Crippen molar-refractivity contribution in [3.63, 3.8) is 0 Å². The predicted octanol–water partition coefficient (Wildman–Crippen LogP) is 3.66. The lowest BCUT2D eigenvalue weighted by atomic mass is 10.2. The molecule has 0 saturated heterocycles. The maximum absolute atomic E-state index is 13.4. The minimum atomic E-state index is -3.89. The summed E-state index contributed by atoms with van der Waals surface area (Å²) >= 11 is 6.11. The Morgan fingerprint density at radius 2 is 1.83 bits per heavy atom. The predicted molar refractivity (Wildman–Crippen MR) is 112 cm³/mol. The smallest absolute Gasteiger partial charge is 0.264 e. The highest BCUT2D eigenvalue weighted by Gasteiger charge is 2.38. The van der Waals surface area contributed by atoms with Crippen LogP contribution in [0.1, 0.15) is 31.2 Å². The summed E-state index contributed by atoms with van der Waals surface area (Å²) in [4.78, 5) is 13.0. The summed E-state index contributed by atoms with van der Waals surface area (Å²) in [5, 5.41) is 3.39. The molecule has 8 heteroatoms. The molecule has 0 spiro atoms. The number of nitrogens with zero attached hydrogens (tertiary/aromatic N) is 1. The summed E-state index contributed by atoms with van der Waals surface area (Å²) in [6.45, 7) is 1.78. The third-order valence-electron chi connectivity index (χ3n) is 5.39. The van der Waals surface area contributed by atoms with Gasteiger partial charge in [-0.1, -0.05) is 42.1 Å². The van der Waals surface area contributed by atoms with Crippen LogP contribution in [-0.4, -0.2) is 33.0 Å². The number of fused-ring (bicyclic) bond motifs is 1. The molecular weight excluding hydrogens is 412 g/mol. The molecule has 1 saturated carbocycles. The molecule has 2 aliphatic rings. The third kappa shape index (κ3) is 4.07. The highest BCUT2D eigenvalue weighted by Crippen LogP contribution is 2.39. The van der Waals surface area contributed by atoms with Crippen molar-refractivity contribution >= 4 is 33.2 Å². The van der Waals surface area contributed by atoms with Gasteiger partial charge in [0.15, 0.2) is 6.10 Å². The second kappa shape index (κ2) is 7.88. The minimum absolute atomic E-state index is 0.109. The Morgan fingerprint density at radius 3 is 2.52 bits per heavy atom. The van der Waals surface area contributed by atoms with Gasteiger partial charge in [0.2, 0.25) is 0 Å². The van der Waals surface area contributed by atoms with Crippen LogP contribution in [0.3, 0.4) is 0 Å². The molecule has 154 valence electrons. The molecule has 1 N–H and O–H groups in total. The summed E-state index contributed by atoms with van der Waals surface area (Å²) < 4.78 is 33.8. The van der Waals surface area contributed by atoms with Crippen LogP contribution >= 0.6 is 11.6 Å². The SMILES string of the molecule is Cc1ccc(S(=O)(=O)N2C[C@H](C(=O)NC3CCCC3)Oc3ccc(Cl)cc32)cc1. The van der Waals surface area contributed by atoms with Gasteiger partial charge in [0.05, 0.1) is 17.1 Å². The molecule has 1 heterocycles. The van der Waals surface area contributed by atoms with Gasteiger partial charge in [0, 0.05) is 11.1 Å². The number of carbonyl (C=O) groups is 1. The summed E-state index contributed by atoms with van der Waals surface area (Å²) in [5.74, 6) is 0.0320. The van der Waals surface area contributed by atoms with E-state index in [4.69, 9.17) is 16.3 Å². The number of rotatable bonds is 4. The van der Waals surface area contributed by atoms with Gasteiger partial charge in [-0.3, -0.25) is 9.10 Å². The van der Waals surface area contributed by atoms with Crippen molar-refractivity contribution in [1.29, 1.82) is 0 Å². The van der Waals surface area contributed by atoms with Crippen molar-refractivity contribution in [1.82, 2.24) is 5.32 Å². The van der Waals surface area contributed by atoms with E-state index in [0.29, 0.717) is 16.5 Å². The maximum atomic E-state index is 13.4. The lowest BCUT2D eigenvalue weighted by Gasteiger charge is -2.35. The van der Waals surface area contributed by atoms with Crippen LogP contribution in [0.4, 0.5) is 5.69 Å². The fraction of sp³-hybridized carbons (Fsp3) is 0.381. The Morgan fingerprint density at radius 1 is 1.14 bits per heavy atom. The fourth-order valence-electron chi connectivity index (χ4n) is 3.79. The monoisotopic (exact) mass is 434 g/mol. The molecule has 2 aromatic carbocycles. The summed E-state index contributed by atoms with van der Waals surface area (Å²) in [5.41, 5.74) is 1.30. The van der Waals surface area contributed by atoms with Crippen molar-refractivity contribution in [2.75, 3.05) is 10.8 Å². The van der Waals surface area contributed by atoms with Crippen LogP contribution in [0.2, 0.25) is 5.02 Å². The zero-order valence-electron chi connectivity index (χ0n) is 16.1. The maximum Gasteiger partial charge on any atom is 0.264 e. The number of amides is 1. The van der Waals surface area contributed by atoms with E-state index in [-0.39, 0.29) is 23.4 Å². The number of anilines is 1. The number of hydrogen-bond acceptors (Lipinski definition) is 4. The number of carbonyl (C=O) groups excluding carboxylic acids is 1. The highest BCUT2D eigenvalue weighted by molar-refractivity contribution is 7.92. The lowest BCUT2D eigenvalue weighted by Crippen LogP contribution is -2.52. The van der Waals surface area contributed by atoms with E-state index in [2.05, 4.69) is 5.32 Å². The second-order valence-electron chi connectivity index (χ2n) is 7.56. The Balaban J connectivity index is 1.68. The van der Waals surface area contributed by atoms with Gasteiger partial charge in [-0.15, -0.1) is 0 Å². The molecule has 4 rings (SSSR count). The standard InChI is InChI=1S/C21H23ClN2O4S/c1-14-6-9-17(10-7-14)29(26,27)24-13-20(21(25)23-16-4-2-3-5-16)28-19-11-8-15(22)12-18(19)24/h6-12,16,20H,2-5,13H2,1H3,(H,23,25)/t20-/m1/s1. The molecule has 6 nitrogen and oxygen atoms in total. The minimum Gasteiger partial charge on any atom is -0.476 e. The van der Waals surface area contributed by atoms with Crippen LogP contribution in [0.15, 0.2) is 47.4 Å². The number of nitrogens with one attached hydrogen (secondary N) is 1. The molecular formula is C21H23ClN2O4S. The molecule has 2 aromatic rings. The van der Waals surface area contributed by atoms with Crippen LogP contribution in [0, 0.1) is 6.92 Å². The molecule has 1 aliphatic carbocycles. The first-order chi connectivity index (χ1) is 13.8. The number of aryl methyl sites for hydroxylation is 1. The molecule has 29 heavy (non-hydrogen) atoms. The van der Waals surface area contributed by atoms with Crippen molar-refractivity contribution in [2.24, 2.45) is 0 Å². The average Bonchev–Trinajstić information content (AvgIpc) is 3.20. The second-order valence-corrected chi connectivity index (χ2v) is 9.86. The van der Waals surface area contributed by atoms with Crippen LogP contribution in [0.5, 0.6) is 5.75 Å². The van der Waals surface area contributed by atoms with Crippen LogP contribution in [0.25, 0.3) is 0 Å². The average molecular weight is 435 g/mol. The molecule has 0 unspecified atom stereocenters. The van der Waals surface area contributed by atoms with E-state index in [1.807, 2.05) is 6.92 Å². The number of hydrogen-bond donors (Lipinski definition) is 1. The van der Waals surface area contributed by atoms with Gasteiger partial charge in [-0.25, -0.2) is 8.42 Å². The van der Waals surface area contributed by atoms with Gasteiger partial charge >= 0.3 is 0 Å². The first-order valence-corrected chi connectivity index (χ1v) is 11.5. The summed E-state index contributed by atoms with van der Waals surface area (Å²) in [7, 11) is -3.89. The van der Waals surface area contributed by atoms with Crippen LogP contribution < -0.4 is 14.4 Å². The van der Waals surface area contributed by atoms with Gasteiger partial charge in [-0.2, -0.15) is 0 Å². The van der Waals surface area contributed by atoms with Gasteiger partial charge in [-0.05, 0) is 50.1 Å². The topological polar surface area (TPSA) is 75.7 Å². The van der Waals surface area contributed by atoms with Gasteiger partial charge < -0.3 is 10.1 Å². The van der Waals surface area contributed by atoms with Gasteiger partial charge in [0.25, 0.3) is 15.9 Å². The van der Waals surface area contributed by atoms with E-state index < -0.39 is 16.1 Å². The van der Waals surface area contributed by atoms with E-state index in [9.17, 15) is 13.2 Å². The summed E-state index contributed by atoms with van der Waals surface area (Å²) in [6.07, 6.45) is 3.13. The van der Waals surface area contributed by atoms with E-state index in [0.717, 1.165) is 31.2 Å². The molecule has 0 radical (unpaired) electrons. The first kappa shape index (κ1) is 20.0. The van der Waals surface area contributed by atoms with E-state index >= 15 is 0 Å². The number of benzene rings is 2. The molecule has 1 aliphatic heterocycles. The van der Waals surface area contributed by atoms with Crippen molar-refractivity contribution in [3.05, 3.63) is 53.1 Å². The molecule has 1 atom stereocenters. The highest BCUT2D eigenvalue weighted by atomic mass is 35.5. The number of ether oxygens (including phenoxy) is 1. The molecule has 1 amide bonds. The summed E-state index contributed by atoms with van der Waals surface area (Å²) in [6, 6.07) is 11.5. The Hall–Kier alpha value is -2.25. The zero-order valence-corrected chi connectivity index (χ0v) is 17.7. The zero-order chi connectivity index (χ0) is 20.6. The Labute approximate surface area is 175 Å². The van der Waals surface area contributed by atoms with E-state index in [1.54, 1.807) is 42.5 Å². The van der Waals surface area contributed by atoms with Crippen LogP contribution in [-0.2, 0) is 14.8 Å². The molecule has 0 aromatic heterocycles. The fourth-order valence-corrected chi connectivity index (χ4v) is 5.42. The molecule has 0 bridgehead atoms. The Kier molecular flexibility index (Phi) is 5.44. The van der Waals surface area contributed by atoms with Crippen molar-refractivity contribution < 1.29 is 17.9 Å². The first-order valence-electron chi connectivity index (χ1n) is 9.70. The lowest BCUT2D eigenvalue weighted by molar-refractivity contribution is -0.128. The van der Waals surface area contributed by atoms with E-state index in [1.165, 1.54) is 4.31 Å². The van der Waals surface area contributed by atoms with Gasteiger partial charge in [0.1, 0.15) is 5.75 Å². The third-order valence-corrected chi connectivity index (χ3v) is 7.42. The Bertz CT molecular complexity index is 1020. The quantitative estimate of drug-likeness (QED) is 0.796. The number of halogens is 1. The van der Waals surface area contributed by atoms with Crippen molar-refractivity contribution in [3.8, 4) is 5.75 Å². The number of sulfonamides is 1. The largest absolute Gasteiger partial charge is 0.476 e. The normalized spacial score (nSPS) is 19.5. The molecule has 1 fully saturated rings.